The maximum Gasteiger partial charge on any atom is 0.229 e. The van der Waals surface area contributed by atoms with E-state index in [1.807, 2.05) is 558 Å². The van der Waals surface area contributed by atoms with Crippen molar-refractivity contribution in [2.45, 2.75) is 27.7 Å². The topological polar surface area (TPSA) is 46.2 Å². The molecule has 0 aliphatic rings. The number of amides is 1. The largest absolute Gasteiger partial charge is 0.325 e. The van der Waals surface area contributed by atoms with E-state index in [1.54, 1.807) is 119 Å². The highest BCUT2D eigenvalue weighted by Crippen LogP contribution is 2.20. The van der Waals surface area contributed by atoms with Gasteiger partial charge in [-0.3, -0.25) is 9.59 Å². The Hall–Kier alpha value is 14.9. The molecule has 536 valence electrons. The Morgan fingerprint density at radius 1 is 0.286 bits per heavy atom. The number of hydrogen-bond donors (Lipinski definition) is 1. The molecule has 0 spiro atoms. The quantitative estimate of drug-likeness (QED) is 0.464. The molecule has 0 unspecified atom stereocenters. The van der Waals surface area contributed by atoms with Crippen molar-refractivity contribution in [2.24, 2.45) is 5.41 Å². The van der Waals surface area contributed by atoms with E-state index in [4.69, 9.17) is 22.4 Å². The van der Waals surface area contributed by atoms with E-state index in [0.717, 1.165) is 11.8 Å². The van der Waals surface area contributed by atoms with E-state index in [-0.39, 0.29) is 5.91 Å². The van der Waals surface area contributed by atoms with Crippen LogP contribution in [-0.2, 0) is 675 Å². The lowest BCUT2D eigenvalue weighted by Crippen LogP contribution is -2.28. The zero-order valence-electron chi connectivity index (χ0n) is 40.7. The van der Waals surface area contributed by atoms with Crippen LogP contribution in [0.1, 0.15) is 36.7 Å². The summed E-state index contributed by atoms with van der Waals surface area (Å²) in [6.45, 7) is 7.41. The number of benzene rings is 1. The van der Waals surface area contributed by atoms with Gasteiger partial charge in [0.2, 0.25) is 5.91 Å². The molecular weight excluding hydrogens is 2610 g/mol. The van der Waals surface area contributed by atoms with Crippen molar-refractivity contribution in [1.82, 2.24) is 0 Å². The molecule has 91 heavy (non-hydrogen) atoms. The zero-order valence-corrected chi connectivity index (χ0v) is 102. The fourth-order valence-corrected chi connectivity index (χ4v) is 197. The normalized spacial score (nSPS) is 8.40. The van der Waals surface area contributed by atoms with E-state index in [2.05, 4.69) is 5.32 Å². The smallest absolute Gasteiger partial charge is 0.229 e. The van der Waals surface area contributed by atoms with Crippen molar-refractivity contribution in [3.8, 4) is 0 Å². The zero-order chi connectivity index (χ0) is 66.0. The maximum absolute atomic E-state index is 11.8. The molecule has 1 amide bonds. The number of anilines is 1. The number of nitrogens with one attached hydrogen (secondary N) is 1. The van der Waals surface area contributed by atoms with Gasteiger partial charge >= 0.3 is 0 Å². The van der Waals surface area contributed by atoms with Gasteiger partial charge in [0.05, 0.1) is 5.69 Å². The van der Waals surface area contributed by atoms with Crippen molar-refractivity contribution in [2.75, 3.05) is 5.32 Å². The number of hydrogen-bond acceptors (Lipinski definition) is 4. The Bertz CT molecular complexity index is 6150. The Balaban J connectivity index is 0.00000435. The van der Waals surface area contributed by atoms with Crippen LogP contribution < -0.4 is 5.32 Å². The molecule has 0 fully saturated rings. The summed E-state index contributed by atoms with van der Waals surface area (Å²) in [6.07, 6.45) is 0.748. The van der Waals surface area contributed by atoms with Gasteiger partial charge in [0.25, 0.3) is 0 Å². The molecule has 1 rings (SSSR count). The molecule has 0 radical (unpaired) electrons. The van der Waals surface area contributed by atoms with Gasteiger partial charge in [-0.25, -0.2) is 0 Å². The van der Waals surface area contributed by atoms with Crippen LogP contribution in [0, 0.1) is 12.3 Å². The van der Waals surface area contributed by atoms with Crippen molar-refractivity contribution >= 4 is 689 Å². The third-order valence-corrected chi connectivity index (χ3v) is 164. The second kappa shape index (κ2) is 92.0. The third kappa shape index (κ3) is 88.7. The minimum atomic E-state index is -0.468. The van der Waals surface area contributed by atoms with E-state index in [9.17, 15) is 9.59 Å². The maximum atomic E-state index is 11.8. The lowest BCUT2D eigenvalue weighted by atomic mass is 9.95. The number of aryl methyl sites for hydroxylation is 1. The average molecular weight is 2620 g/mol. The van der Waals surface area contributed by atoms with E-state index >= 15 is 0 Å². The summed E-state index contributed by atoms with van der Waals surface area (Å²) in [7, 11) is 132. The molecule has 0 heterocycles. The van der Waals surface area contributed by atoms with E-state index < -0.39 is 5.41 Å². The van der Waals surface area contributed by atoms with Gasteiger partial charge in [0.1, 0.15) is 0 Å². The Kier molecular flexibility index (Phi) is 107. The Labute approximate surface area is 744 Å². The molecule has 0 atom stereocenters. The SMILES string of the molecule is Cc1ccc(C=O)c(NC(=O)C(C)(C)C)c1.S=S=S=S=S=S=S=S=S=S=S=S=S=S=S=S=S=S=S=S=S=S=S=S=S=S=S=S=S=S=S=S=S=S=S=S=S=S=S=S=S=S=S=S=S=S=S=S=S=S=S=S=S=S=S=S=S=S=S=S=S=S=S=S=S=S=S=S=S=S=S=S=S=S=S. The molecule has 0 aliphatic carbocycles. The molecule has 0 saturated carbocycles. The highest BCUT2D eigenvalue weighted by atomic mass is 33.5. The molecular formula is C13H17NO2S75. The molecule has 1 aromatic rings. The van der Waals surface area contributed by atoms with Crippen molar-refractivity contribution in [3.63, 3.8) is 0 Å². The molecule has 0 aliphatic heterocycles. The molecule has 0 bridgehead atoms. The summed E-state index contributed by atoms with van der Waals surface area (Å²) in [5, 5.41) is 2.77. The van der Waals surface area contributed by atoms with Crippen LogP contribution in [0.5, 0.6) is 0 Å². The number of carbonyl (C=O) groups excluding carboxylic acids is 2. The number of aldehydes is 1. The standard InChI is InChI=1S/C13H17NO2.S75/c1-9-5-6-10(8-15)11(7-9)14-12(16)13(2,3)4;1-3-5-7-9-11-13-15-17-19-21-23-25-27-29-31-33-35-37-39-41-43-45-47-49-51-53-55-57-59-61-63-65-67-69-71-73-75-74-72-70-68-66-64-62-60-58-56-54-52-50-48-46-44-42-40-38-36-34-32-30-28-26-24-22-20-18-16-14-12-10-8-6-4-2/h5-8H,1-4H3,(H,14,16);. The highest BCUT2D eigenvalue weighted by Gasteiger charge is 2.22. The lowest BCUT2D eigenvalue weighted by molar-refractivity contribution is -0.123. The molecule has 3 nitrogen and oxygen atoms in total. The van der Waals surface area contributed by atoms with E-state index in [1.165, 1.54) is 17.8 Å². The third-order valence-electron chi connectivity index (χ3n) is 4.27. The number of carbonyl (C=O) groups is 2. The fourth-order valence-electron chi connectivity index (χ4n) is 2.00. The van der Waals surface area contributed by atoms with Gasteiger partial charge in [0.15, 0.2) is 6.29 Å². The Morgan fingerprint density at radius 3 is 0.549 bits per heavy atom. The van der Waals surface area contributed by atoms with Crippen LogP contribution in [-0.4, -0.2) is 12.2 Å². The first-order chi connectivity index (χ1) is 44.8. The summed E-state index contributed by atoms with van der Waals surface area (Å²) in [5.74, 6) is -0.0961. The highest BCUT2D eigenvalue weighted by molar-refractivity contribution is 8.85. The van der Waals surface area contributed by atoms with Crippen LogP contribution in [0.15, 0.2) is 18.2 Å². The minimum Gasteiger partial charge on any atom is -0.325 e. The predicted octanol–water partition coefficient (Wildman–Crippen LogP) is 2.61. The van der Waals surface area contributed by atoms with Crippen molar-refractivity contribution in [3.05, 3.63) is 29.3 Å². The summed E-state index contributed by atoms with van der Waals surface area (Å²) in [5.41, 5.74) is 1.62. The monoisotopic (exact) mass is 2620 g/mol. The summed E-state index contributed by atoms with van der Waals surface area (Å²) in [6, 6.07) is 5.35. The molecule has 1 aromatic carbocycles. The van der Waals surface area contributed by atoms with Gasteiger partial charge in [-0.15, -0.1) is 0 Å². The molecule has 0 aromatic heterocycles. The summed E-state index contributed by atoms with van der Waals surface area (Å²) in [4.78, 5) is 22.6. The minimum absolute atomic E-state index is 0.0961. The second-order valence-electron chi connectivity index (χ2n) is 9.88. The van der Waals surface area contributed by atoms with Crippen LogP contribution in [0.3, 0.4) is 0 Å². The van der Waals surface area contributed by atoms with E-state index in [0.29, 0.717) is 11.3 Å². The second-order valence-corrected chi connectivity index (χ2v) is 139. The van der Waals surface area contributed by atoms with Gasteiger partial charge in [-0.2, -0.15) is 0 Å². The lowest BCUT2D eigenvalue weighted by Gasteiger charge is -2.18. The van der Waals surface area contributed by atoms with Crippen LogP contribution in [0.2, 0.25) is 0 Å². The fraction of sp³-hybridized carbons (Fsp3) is 0.385. The van der Waals surface area contributed by atoms with Gasteiger partial charge < -0.3 is 5.32 Å². The van der Waals surface area contributed by atoms with Gasteiger partial charge in [0, 0.05) is 682 Å². The first kappa shape index (κ1) is 106. The summed E-state index contributed by atoms with van der Waals surface area (Å²) < 4.78 is 0. The molecule has 78 heteroatoms. The van der Waals surface area contributed by atoms with Crippen LogP contribution in [0.25, 0.3) is 0 Å². The first-order valence-electron chi connectivity index (χ1n) is 17.5. The first-order valence-corrected chi connectivity index (χ1v) is 116. The Morgan fingerprint density at radius 2 is 0.429 bits per heavy atom. The van der Waals surface area contributed by atoms with Gasteiger partial charge in [-0.05, 0) is 24.6 Å². The molecule has 1 N–H and O–H groups in total. The summed E-state index contributed by atoms with van der Waals surface area (Å²) >= 11 is 9.65. The van der Waals surface area contributed by atoms with Crippen molar-refractivity contribution < 1.29 is 9.59 Å². The molecule has 0 saturated heterocycles. The van der Waals surface area contributed by atoms with Gasteiger partial charge in [-0.1, -0.05) is 26.8 Å². The van der Waals surface area contributed by atoms with Crippen LogP contribution in [0.4, 0.5) is 5.69 Å². The van der Waals surface area contributed by atoms with Crippen molar-refractivity contribution in [1.29, 1.82) is 0 Å². The van der Waals surface area contributed by atoms with Crippen LogP contribution >= 0.6 is 0 Å². The number of rotatable bonds is 2. The average Bonchev–Trinajstić information content (AvgIpc) is 2.07. The predicted molar refractivity (Wildman–Crippen MR) is 617 cm³/mol.